The normalized spacial score (nSPS) is 23.3. The maximum atomic E-state index is 13.3. The van der Waals surface area contributed by atoms with E-state index in [1.807, 2.05) is 11.8 Å². The van der Waals surface area contributed by atoms with Crippen molar-refractivity contribution < 1.29 is 19.1 Å². The van der Waals surface area contributed by atoms with Crippen LogP contribution in [0.4, 0.5) is 0 Å². The summed E-state index contributed by atoms with van der Waals surface area (Å²) in [4.78, 5) is 44.7. The number of nitrogens with zero attached hydrogens (tertiary/aromatic N) is 5. The van der Waals surface area contributed by atoms with Gasteiger partial charge in [0, 0.05) is 30.5 Å². The largest absolute Gasteiger partial charge is 0.462 e. The first-order valence-electron chi connectivity index (χ1n) is 20.9. The molecule has 0 saturated carbocycles. The molecule has 0 aromatic rings. The molecule has 5 heterocycles. The zero-order valence-electron chi connectivity index (χ0n) is 32.6. The number of fused-ring (bicyclic) bond motifs is 1. The highest BCUT2D eigenvalue weighted by molar-refractivity contribution is 5.97. The number of allylic oxidation sites excluding steroid dienone is 2. The van der Waals surface area contributed by atoms with Gasteiger partial charge in [0.1, 0.15) is 0 Å². The van der Waals surface area contributed by atoms with E-state index in [1.165, 1.54) is 32.1 Å². The second-order valence-electron chi connectivity index (χ2n) is 15.5. The molecule has 0 bridgehead atoms. The van der Waals surface area contributed by atoms with Crippen molar-refractivity contribution in [3.63, 3.8) is 0 Å². The molecule has 2 fully saturated rings. The molecule has 0 amide bonds. The molecule has 5 aliphatic rings. The van der Waals surface area contributed by atoms with Crippen LogP contribution in [0.2, 0.25) is 0 Å². The summed E-state index contributed by atoms with van der Waals surface area (Å²) in [6.07, 6.45) is 22.1. The van der Waals surface area contributed by atoms with Crippen LogP contribution in [-0.2, 0) is 19.1 Å². The summed E-state index contributed by atoms with van der Waals surface area (Å²) >= 11 is 0. The zero-order chi connectivity index (χ0) is 37.6. The predicted molar refractivity (Wildman–Crippen MR) is 211 cm³/mol. The smallest absolute Gasteiger partial charge is 0.337 e. The Hall–Kier alpha value is -3.77. The minimum absolute atomic E-state index is 0.0734. The quantitative estimate of drug-likeness (QED) is 0.0452. The first kappa shape index (κ1) is 40.4. The Morgan fingerprint density at radius 1 is 0.849 bits per heavy atom. The van der Waals surface area contributed by atoms with Crippen LogP contribution in [0.5, 0.6) is 0 Å². The van der Waals surface area contributed by atoms with E-state index in [0.717, 1.165) is 126 Å². The van der Waals surface area contributed by atoms with Gasteiger partial charge in [0.15, 0.2) is 17.9 Å². The molecule has 5 rings (SSSR count). The Labute approximate surface area is 317 Å². The Morgan fingerprint density at radius 3 is 2.25 bits per heavy atom. The molecule has 0 aromatic heterocycles. The zero-order valence-corrected chi connectivity index (χ0v) is 32.6. The SMILES string of the molecule is CCCCCCCC1C[C@H]2CC[C@H]3C(C(=O)OCCCCCCCCCC4N=C(N)N5CCCC5=C4C(=O)OCCCCN=C(N)N)=C(C)NC(=N1)N23. The summed E-state index contributed by atoms with van der Waals surface area (Å²) in [6, 6.07) is 0.669. The van der Waals surface area contributed by atoms with Gasteiger partial charge in [-0.2, -0.15) is 0 Å². The van der Waals surface area contributed by atoms with Crippen LogP contribution in [-0.4, -0.2) is 90.1 Å². The molecule has 0 aromatic carbocycles. The fraction of sp³-hybridized carbons (Fsp3) is 0.775. The minimum atomic E-state index is -0.281. The second kappa shape index (κ2) is 20.6. The molecule has 2 unspecified atom stereocenters. The third kappa shape index (κ3) is 11.1. The second-order valence-corrected chi connectivity index (χ2v) is 15.5. The summed E-state index contributed by atoms with van der Waals surface area (Å²) in [5.41, 5.74) is 20.4. The molecule has 0 aliphatic carbocycles. The number of unbranched alkanes of at least 4 members (excludes halogenated alkanes) is 11. The number of carbonyl (C=O) groups is 2. The van der Waals surface area contributed by atoms with Gasteiger partial charge < -0.3 is 41.8 Å². The van der Waals surface area contributed by atoms with Crippen molar-refractivity contribution in [2.45, 2.75) is 173 Å². The van der Waals surface area contributed by atoms with Crippen molar-refractivity contribution in [1.82, 2.24) is 15.1 Å². The summed E-state index contributed by atoms with van der Waals surface area (Å²) in [7, 11) is 0. The van der Waals surface area contributed by atoms with E-state index in [0.29, 0.717) is 49.8 Å². The van der Waals surface area contributed by atoms with Crippen molar-refractivity contribution in [1.29, 1.82) is 0 Å². The molecule has 13 heteroatoms. The maximum Gasteiger partial charge on any atom is 0.337 e. The van der Waals surface area contributed by atoms with E-state index in [2.05, 4.69) is 22.1 Å². The van der Waals surface area contributed by atoms with Crippen molar-refractivity contribution in [2.75, 3.05) is 26.3 Å². The number of aliphatic imine (C=N–C) groups is 3. The van der Waals surface area contributed by atoms with Gasteiger partial charge in [-0.1, -0.05) is 77.6 Å². The van der Waals surface area contributed by atoms with E-state index in [-0.39, 0.29) is 30.0 Å². The van der Waals surface area contributed by atoms with Gasteiger partial charge in [-0.15, -0.1) is 0 Å². The van der Waals surface area contributed by atoms with Crippen LogP contribution in [0.1, 0.15) is 149 Å². The Bertz CT molecular complexity index is 1400. The Balaban J connectivity index is 0.967. The summed E-state index contributed by atoms with van der Waals surface area (Å²) in [5, 5.41) is 3.49. The highest BCUT2D eigenvalue weighted by Crippen LogP contribution is 2.39. The fourth-order valence-corrected chi connectivity index (χ4v) is 8.75. The molecule has 2 saturated heterocycles. The molecule has 296 valence electrons. The van der Waals surface area contributed by atoms with Crippen LogP contribution >= 0.6 is 0 Å². The first-order valence-corrected chi connectivity index (χ1v) is 20.9. The molecule has 0 spiro atoms. The first-order chi connectivity index (χ1) is 25.8. The number of guanidine groups is 3. The van der Waals surface area contributed by atoms with Crippen molar-refractivity contribution in [3.8, 4) is 0 Å². The third-order valence-electron chi connectivity index (χ3n) is 11.5. The monoisotopic (exact) mass is 738 g/mol. The van der Waals surface area contributed by atoms with Crippen LogP contribution in [0, 0.1) is 0 Å². The highest BCUT2D eigenvalue weighted by atomic mass is 16.5. The average molecular weight is 738 g/mol. The number of rotatable bonds is 23. The number of hydrogen-bond donors (Lipinski definition) is 4. The number of ether oxygens (including phenoxy) is 2. The van der Waals surface area contributed by atoms with E-state index in [9.17, 15) is 9.59 Å². The third-order valence-corrected chi connectivity index (χ3v) is 11.5. The number of esters is 2. The fourth-order valence-electron chi connectivity index (χ4n) is 8.75. The summed E-state index contributed by atoms with van der Waals surface area (Å²) in [5.74, 6) is 1.10. The number of carbonyl (C=O) groups excluding carboxylic acids is 2. The lowest BCUT2D eigenvalue weighted by atomic mass is 9.96. The van der Waals surface area contributed by atoms with E-state index in [1.54, 1.807) is 0 Å². The number of hydrogen-bond acceptors (Lipinski definition) is 11. The molecule has 13 nitrogen and oxygen atoms in total. The molecule has 7 N–H and O–H groups in total. The molecular weight excluding hydrogens is 670 g/mol. The van der Waals surface area contributed by atoms with Gasteiger partial charge in [0.2, 0.25) is 0 Å². The molecular formula is C40H67N9O4. The van der Waals surface area contributed by atoms with Crippen LogP contribution < -0.4 is 22.5 Å². The number of nitrogens with one attached hydrogen (secondary N) is 1. The summed E-state index contributed by atoms with van der Waals surface area (Å²) in [6.45, 7) is 6.34. The lowest BCUT2D eigenvalue weighted by Gasteiger charge is -2.42. The van der Waals surface area contributed by atoms with E-state index < -0.39 is 0 Å². The van der Waals surface area contributed by atoms with Crippen LogP contribution in [0.3, 0.4) is 0 Å². The number of nitrogens with two attached hydrogens (primary N) is 3. The van der Waals surface area contributed by atoms with Crippen molar-refractivity contribution >= 4 is 29.8 Å². The van der Waals surface area contributed by atoms with Crippen molar-refractivity contribution in [2.24, 2.45) is 32.2 Å². The standard InChI is InChI=1S/C40H67N9O4/c1-3-4-5-9-12-18-29-27-30-21-22-33-34(28(2)45-40(46-29)49(30)33)36(50)52-25-15-11-8-6-7-10-13-19-31-35(32-20-17-24-48(32)39(43)47-31)37(51)53-26-16-14-23-44-38(41)42/h29-31,33H,3-27H2,1-2H3,(H2,43,47)(H,45,46)(H4,41,42,44)/t29?,30-,31?,33+/m1/s1. The van der Waals surface area contributed by atoms with E-state index >= 15 is 0 Å². The van der Waals surface area contributed by atoms with Crippen LogP contribution in [0.25, 0.3) is 0 Å². The Kier molecular flexibility index (Phi) is 15.7. The van der Waals surface area contributed by atoms with Crippen molar-refractivity contribution in [3.05, 3.63) is 22.5 Å². The van der Waals surface area contributed by atoms with Gasteiger partial charge in [-0.3, -0.25) is 4.99 Å². The van der Waals surface area contributed by atoms with Gasteiger partial charge in [0.25, 0.3) is 0 Å². The van der Waals surface area contributed by atoms with Crippen LogP contribution in [0.15, 0.2) is 37.5 Å². The van der Waals surface area contributed by atoms with Gasteiger partial charge in [-0.25, -0.2) is 19.6 Å². The topological polar surface area (TPSA) is 186 Å². The molecule has 53 heavy (non-hydrogen) atoms. The van der Waals surface area contributed by atoms with Gasteiger partial charge in [-0.05, 0) is 71.1 Å². The molecule has 5 aliphatic heterocycles. The maximum absolute atomic E-state index is 13.3. The highest BCUT2D eigenvalue weighted by Gasteiger charge is 2.46. The minimum Gasteiger partial charge on any atom is -0.462 e. The van der Waals surface area contributed by atoms with Gasteiger partial charge >= 0.3 is 11.9 Å². The Morgan fingerprint density at radius 2 is 1.51 bits per heavy atom. The lowest BCUT2D eigenvalue weighted by molar-refractivity contribution is -0.140. The lowest BCUT2D eigenvalue weighted by Crippen LogP contribution is -2.56. The van der Waals surface area contributed by atoms with Gasteiger partial charge in [0.05, 0.1) is 42.5 Å². The summed E-state index contributed by atoms with van der Waals surface area (Å²) < 4.78 is 11.5. The average Bonchev–Trinajstić information content (AvgIpc) is 3.79. The predicted octanol–water partition coefficient (Wildman–Crippen LogP) is 5.49. The van der Waals surface area contributed by atoms with E-state index in [4.69, 9.17) is 36.7 Å². The molecule has 4 atom stereocenters. The molecule has 0 radical (unpaired) electrons.